The van der Waals surface area contributed by atoms with Crippen LogP contribution in [0.1, 0.15) is 25.0 Å². The first-order valence-corrected chi connectivity index (χ1v) is 8.34. The Hall–Kier alpha value is -1.75. The molecule has 2 unspecified atom stereocenters. The number of ether oxygens (including phenoxy) is 1. The van der Waals surface area contributed by atoms with Gasteiger partial charge in [0, 0.05) is 18.5 Å². The quantitative estimate of drug-likeness (QED) is 0.761. The molecule has 0 heterocycles. The van der Waals surface area contributed by atoms with Gasteiger partial charge in [-0.1, -0.05) is 54.9 Å². The molecule has 0 spiro atoms. The molecule has 0 aliphatic carbocycles. The summed E-state index contributed by atoms with van der Waals surface area (Å²) in [6.07, 6.45) is 0. The molecule has 0 bridgehead atoms. The van der Waals surface area contributed by atoms with Crippen molar-refractivity contribution >= 4 is 29.9 Å². The fraction of sp³-hybridized carbons (Fsp3) is 0.316. The standard InChI is InChI=1S/C19H23ClN2O2.ClH/c1-13(14(2)21)19(23)22-11-15-7-3-4-8-16(15)12-24-18-10-6-5-9-17(18)20;/h3-10,13-14H,11-12,21H2,1-2H3,(H,22,23);1H. The molecule has 2 rings (SSSR count). The minimum absolute atomic E-state index is 0. The molecule has 0 saturated heterocycles. The number of nitrogens with one attached hydrogen (secondary N) is 1. The van der Waals surface area contributed by atoms with Crippen LogP contribution in [0.5, 0.6) is 5.75 Å². The molecule has 25 heavy (non-hydrogen) atoms. The van der Waals surface area contributed by atoms with Crippen molar-refractivity contribution in [3.05, 3.63) is 64.7 Å². The van der Waals surface area contributed by atoms with Crippen LogP contribution >= 0.6 is 24.0 Å². The van der Waals surface area contributed by atoms with E-state index in [1.165, 1.54) is 0 Å². The molecule has 0 fully saturated rings. The molecular weight excluding hydrogens is 359 g/mol. The third-order valence-electron chi connectivity index (χ3n) is 3.99. The lowest BCUT2D eigenvalue weighted by Gasteiger charge is -2.17. The lowest BCUT2D eigenvalue weighted by molar-refractivity contribution is -0.125. The number of carbonyl (C=O) groups excluding carboxylic acids is 1. The van der Waals surface area contributed by atoms with E-state index in [1.807, 2.05) is 56.3 Å². The van der Waals surface area contributed by atoms with Crippen molar-refractivity contribution in [2.75, 3.05) is 0 Å². The van der Waals surface area contributed by atoms with E-state index in [-0.39, 0.29) is 30.3 Å². The Morgan fingerprint density at radius 2 is 1.72 bits per heavy atom. The maximum atomic E-state index is 12.1. The van der Waals surface area contributed by atoms with E-state index < -0.39 is 0 Å². The summed E-state index contributed by atoms with van der Waals surface area (Å²) in [5, 5.41) is 3.51. The van der Waals surface area contributed by atoms with Gasteiger partial charge in [-0.3, -0.25) is 4.79 Å². The first-order chi connectivity index (χ1) is 11.5. The van der Waals surface area contributed by atoms with Gasteiger partial charge in [-0.2, -0.15) is 0 Å². The third-order valence-corrected chi connectivity index (χ3v) is 4.31. The van der Waals surface area contributed by atoms with Crippen LogP contribution in [0.3, 0.4) is 0 Å². The third kappa shape index (κ3) is 6.24. The van der Waals surface area contributed by atoms with E-state index in [0.29, 0.717) is 23.9 Å². The Balaban J connectivity index is 0.00000312. The highest BCUT2D eigenvalue weighted by atomic mass is 35.5. The minimum atomic E-state index is -0.225. The summed E-state index contributed by atoms with van der Waals surface area (Å²) in [6.45, 7) is 4.48. The van der Waals surface area contributed by atoms with Gasteiger partial charge in [0.2, 0.25) is 5.91 Å². The van der Waals surface area contributed by atoms with Crippen LogP contribution in [-0.2, 0) is 17.9 Å². The van der Waals surface area contributed by atoms with Crippen LogP contribution in [0.15, 0.2) is 48.5 Å². The fourth-order valence-electron chi connectivity index (χ4n) is 2.17. The Kier molecular flexibility index (Phi) is 8.76. The first-order valence-electron chi connectivity index (χ1n) is 7.96. The van der Waals surface area contributed by atoms with Gasteiger partial charge in [0.15, 0.2) is 0 Å². The highest BCUT2D eigenvalue weighted by Gasteiger charge is 2.16. The largest absolute Gasteiger partial charge is 0.487 e. The van der Waals surface area contributed by atoms with E-state index in [4.69, 9.17) is 22.1 Å². The summed E-state index contributed by atoms with van der Waals surface area (Å²) in [4.78, 5) is 12.1. The summed E-state index contributed by atoms with van der Waals surface area (Å²) >= 11 is 6.10. The van der Waals surface area contributed by atoms with Crippen LogP contribution in [-0.4, -0.2) is 11.9 Å². The monoisotopic (exact) mass is 382 g/mol. The van der Waals surface area contributed by atoms with E-state index in [1.54, 1.807) is 6.07 Å². The molecule has 3 N–H and O–H groups in total. The zero-order chi connectivity index (χ0) is 17.5. The smallest absolute Gasteiger partial charge is 0.224 e. The second-order valence-electron chi connectivity index (χ2n) is 5.85. The summed E-state index contributed by atoms with van der Waals surface area (Å²) < 4.78 is 5.79. The van der Waals surface area contributed by atoms with Gasteiger partial charge in [0.1, 0.15) is 12.4 Å². The number of hydrogen-bond acceptors (Lipinski definition) is 3. The average Bonchev–Trinajstić information content (AvgIpc) is 2.59. The molecule has 2 atom stereocenters. The topological polar surface area (TPSA) is 64.4 Å². The predicted octanol–water partition coefficient (Wildman–Crippen LogP) is 3.94. The average molecular weight is 383 g/mol. The van der Waals surface area contributed by atoms with Crippen LogP contribution in [0.4, 0.5) is 0 Å². The lowest BCUT2D eigenvalue weighted by atomic mass is 10.0. The molecule has 0 aromatic heterocycles. The lowest BCUT2D eigenvalue weighted by Crippen LogP contribution is -2.38. The second-order valence-corrected chi connectivity index (χ2v) is 6.26. The maximum absolute atomic E-state index is 12.1. The number of hydrogen-bond donors (Lipinski definition) is 2. The fourth-order valence-corrected chi connectivity index (χ4v) is 2.36. The van der Waals surface area contributed by atoms with Crippen molar-refractivity contribution in [2.45, 2.75) is 33.0 Å². The summed E-state index contributed by atoms with van der Waals surface area (Å²) in [5.41, 5.74) is 7.78. The molecule has 0 radical (unpaired) electrons. The van der Waals surface area contributed by atoms with E-state index in [9.17, 15) is 4.79 Å². The van der Waals surface area contributed by atoms with Crippen LogP contribution in [0, 0.1) is 5.92 Å². The molecule has 2 aromatic carbocycles. The Morgan fingerprint density at radius 3 is 2.36 bits per heavy atom. The highest BCUT2D eigenvalue weighted by Crippen LogP contribution is 2.24. The van der Waals surface area contributed by atoms with Crippen molar-refractivity contribution < 1.29 is 9.53 Å². The first kappa shape index (κ1) is 21.3. The molecule has 0 aliphatic rings. The van der Waals surface area contributed by atoms with E-state index in [2.05, 4.69) is 5.32 Å². The van der Waals surface area contributed by atoms with Gasteiger partial charge >= 0.3 is 0 Å². The number of carbonyl (C=O) groups is 1. The molecule has 6 heteroatoms. The van der Waals surface area contributed by atoms with Gasteiger partial charge in [-0.25, -0.2) is 0 Å². The number of para-hydroxylation sites is 1. The number of amides is 1. The minimum Gasteiger partial charge on any atom is -0.487 e. The number of rotatable bonds is 7. The van der Waals surface area contributed by atoms with Crippen LogP contribution < -0.4 is 15.8 Å². The van der Waals surface area contributed by atoms with Gasteiger partial charge in [-0.15, -0.1) is 12.4 Å². The second kappa shape index (κ2) is 10.3. The van der Waals surface area contributed by atoms with Crippen molar-refractivity contribution in [3.8, 4) is 5.75 Å². The van der Waals surface area contributed by atoms with Crippen molar-refractivity contribution in [3.63, 3.8) is 0 Å². The number of nitrogens with two attached hydrogens (primary N) is 1. The predicted molar refractivity (Wildman–Crippen MR) is 104 cm³/mol. The molecule has 1 amide bonds. The number of halogens is 2. The van der Waals surface area contributed by atoms with Crippen molar-refractivity contribution in [2.24, 2.45) is 11.7 Å². The SMILES string of the molecule is CC(N)C(C)C(=O)NCc1ccccc1COc1ccccc1Cl.Cl. The molecule has 2 aromatic rings. The summed E-state index contributed by atoms with van der Waals surface area (Å²) in [7, 11) is 0. The van der Waals surface area contributed by atoms with Gasteiger partial charge < -0.3 is 15.8 Å². The molecule has 4 nitrogen and oxygen atoms in total. The number of benzene rings is 2. The molecular formula is C19H24Cl2N2O2. The normalized spacial score (nSPS) is 12.6. The highest BCUT2D eigenvalue weighted by molar-refractivity contribution is 6.32. The zero-order valence-corrected chi connectivity index (χ0v) is 15.9. The van der Waals surface area contributed by atoms with Crippen molar-refractivity contribution in [1.29, 1.82) is 0 Å². The van der Waals surface area contributed by atoms with Crippen molar-refractivity contribution in [1.82, 2.24) is 5.32 Å². The van der Waals surface area contributed by atoms with Crippen LogP contribution in [0.25, 0.3) is 0 Å². The van der Waals surface area contributed by atoms with E-state index in [0.717, 1.165) is 11.1 Å². The van der Waals surface area contributed by atoms with Gasteiger partial charge in [0.05, 0.1) is 5.02 Å². The molecule has 0 aliphatic heterocycles. The molecule has 136 valence electrons. The van der Waals surface area contributed by atoms with Gasteiger partial charge in [-0.05, 0) is 30.2 Å². The summed E-state index contributed by atoms with van der Waals surface area (Å²) in [6, 6.07) is 15.0. The maximum Gasteiger partial charge on any atom is 0.224 e. The summed E-state index contributed by atoms with van der Waals surface area (Å²) in [5.74, 6) is 0.368. The Bertz CT molecular complexity index is 693. The van der Waals surface area contributed by atoms with Gasteiger partial charge in [0.25, 0.3) is 0 Å². The Morgan fingerprint density at radius 1 is 1.12 bits per heavy atom. The zero-order valence-electron chi connectivity index (χ0n) is 14.4. The molecule has 0 saturated carbocycles. The van der Waals surface area contributed by atoms with Crippen LogP contribution in [0.2, 0.25) is 5.02 Å². The Labute approximate surface area is 160 Å². The van der Waals surface area contributed by atoms with E-state index >= 15 is 0 Å².